The highest BCUT2D eigenvalue weighted by atomic mass is 16.5. The minimum absolute atomic E-state index is 0.169. The second kappa shape index (κ2) is 13.2. The number of aromatic hydroxyl groups is 2. The van der Waals surface area contributed by atoms with E-state index in [1.54, 1.807) is 24.3 Å². The van der Waals surface area contributed by atoms with Gasteiger partial charge in [0.2, 0.25) is 0 Å². The Morgan fingerprint density at radius 3 is 1.39 bits per heavy atom. The summed E-state index contributed by atoms with van der Waals surface area (Å²) < 4.78 is 10.3. The number of unbranched alkanes of at least 4 members (excludes halogenated alkanes) is 2. The maximum atomic E-state index is 11.9. The normalized spacial score (nSPS) is 9.79. The van der Waals surface area contributed by atoms with Crippen LogP contribution in [-0.2, 0) is 9.47 Å². The van der Waals surface area contributed by atoms with Crippen molar-refractivity contribution in [2.75, 3.05) is 13.2 Å². The molecule has 152 valence electrons. The summed E-state index contributed by atoms with van der Waals surface area (Å²) in [6, 6.07) is 12.3. The summed E-state index contributed by atoms with van der Waals surface area (Å²) in [7, 11) is 0. The fraction of sp³-hybridized carbons (Fsp3) is 0.364. The van der Waals surface area contributed by atoms with Crippen molar-refractivity contribution in [1.29, 1.82) is 0 Å². The summed E-state index contributed by atoms with van der Waals surface area (Å²) in [5.41, 5.74) is 0.537. The summed E-state index contributed by atoms with van der Waals surface area (Å²) in [6.45, 7) is 4.78. The van der Waals surface area contributed by atoms with Gasteiger partial charge >= 0.3 is 11.9 Å². The smallest absolute Gasteiger partial charge is 0.339 e. The van der Waals surface area contributed by atoms with Gasteiger partial charge < -0.3 is 19.7 Å². The van der Waals surface area contributed by atoms with Gasteiger partial charge in [-0.05, 0) is 49.2 Å². The molecule has 0 spiro atoms. The van der Waals surface area contributed by atoms with Gasteiger partial charge in [0.1, 0.15) is 11.5 Å². The van der Waals surface area contributed by atoms with Gasteiger partial charge in [-0.3, -0.25) is 0 Å². The molecular weight excluding hydrogens is 360 g/mol. The van der Waals surface area contributed by atoms with E-state index < -0.39 is 11.9 Å². The van der Waals surface area contributed by atoms with Crippen molar-refractivity contribution in [3.63, 3.8) is 0 Å². The van der Waals surface area contributed by atoms with Gasteiger partial charge in [0.25, 0.3) is 0 Å². The highest BCUT2D eigenvalue weighted by Gasteiger charge is 2.18. The molecule has 0 unspecified atom stereocenters. The van der Waals surface area contributed by atoms with E-state index in [4.69, 9.17) is 19.7 Å². The molecule has 28 heavy (non-hydrogen) atoms. The van der Waals surface area contributed by atoms with Crippen molar-refractivity contribution < 1.29 is 29.3 Å². The van der Waals surface area contributed by atoms with Crippen molar-refractivity contribution in [3.8, 4) is 11.5 Å². The van der Waals surface area contributed by atoms with E-state index in [1.165, 1.54) is 24.3 Å². The minimum atomic E-state index is -0.471. The molecule has 0 saturated heterocycles. The fourth-order valence-electron chi connectivity index (χ4n) is 2.07. The van der Waals surface area contributed by atoms with Crippen molar-refractivity contribution in [1.82, 2.24) is 0 Å². The summed E-state index contributed by atoms with van der Waals surface area (Å²) >= 11 is 0. The number of phenols is 2. The number of carbonyl (C=O) groups is 2. The van der Waals surface area contributed by atoms with Gasteiger partial charge in [-0.15, -0.1) is 0 Å². The van der Waals surface area contributed by atoms with Crippen LogP contribution in [0.4, 0.5) is 0 Å². The third kappa shape index (κ3) is 8.58. The Hall–Kier alpha value is -3.02. The summed E-state index contributed by atoms with van der Waals surface area (Å²) in [6.07, 6.45) is 3.53. The molecule has 0 saturated carbocycles. The van der Waals surface area contributed by atoms with Crippen LogP contribution in [0.25, 0.3) is 0 Å². The van der Waals surface area contributed by atoms with Gasteiger partial charge in [-0.25, -0.2) is 9.59 Å². The molecule has 0 aliphatic heterocycles. The van der Waals surface area contributed by atoms with Crippen LogP contribution in [-0.4, -0.2) is 35.4 Å². The summed E-state index contributed by atoms with van der Waals surface area (Å²) in [5.74, 6) is -0.603. The maximum absolute atomic E-state index is 11.9. The molecule has 0 amide bonds. The van der Waals surface area contributed by atoms with Crippen LogP contribution >= 0.6 is 0 Å². The van der Waals surface area contributed by atoms with Crippen molar-refractivity contribution in [3.05, 3.63) is 59.7 Å². The fourth-order valence-corrected chi connectivity index (χ4v) is 2.07. The highest BCUT2D eigenvalue weighted by Crippen LogP contribution is 2.13. The summed E-state index contributed by atoms with van der Waals surface area (Å²) in [5, 5.41) is 17.3. The van der Waals surface area contributed by atoms with Gasteiger partial charge in [-0.1, -0.05) is 38.8 Å². The lowest BCUT2D eigenvalue weighted by molar-refractivity contribution is 0.0452. The van der Waals surface area contributed by atoms with Gasteiger partial charge in [0, 0.05) is 0 Å². The van der Waals surface area contributed by atoms with E-state index in [0.717, 1.165) is 25.7 Å². The molecule has 2 aromatic carbocycles. The van der Waals surface area contributed by atoms with Crippen LogP contribution in [0.1, 0.15) is 60.2 Å². The number of rotatable bonds is 8. The molecule has 6 nitrogen and oxygen atoms in total. The van der Waals surface area contributed by atoms with Gasteiger partial charge in [0.15, 0.2) is 0 Å². The number of hydrogen-bond acceptors (Lipinski definition) is 6. The molecule has 0 atom stereocenters. The molecule has 0 bridgehead atoms. The Labute approximate surface area is 165 Å². The Morgan fingerprint density at radius 1 is 0.714 bits per heavy atom. The highest BCUT2D eigenvalue weighted by molar-refractivity contribution is 6.03. The van der Waals surface area contributed by atoms with Gasteiger partial charge in [0.05, 0.1) is 24.3 Å². The zero-order valence-electron chi connectivity index (χ0n) is 16.4. The quantitative estimate of drug-likeness (QED) is 0.387. The second-order valence-corrected chi connectivity index (χ2v) is 6.04. The van der Waals surface area contributed by atoms with Crippen molar-refractivity contribution in [2.45, 2.75) is 39.5 Å². The van der Waals surface area contributed by atoms with Crippen LogP contribution in [0.3, 0.4) is 0 Å². The Morgan fingerprint density at radius 2 is 1.07 bits per heavy atom. The molecule has 0 radical (unpaired) electrons. The zero-order valence-corrected chi connectivity index (χ0v) is 16.4. The predicted molar refractivity (Wildman–Crippen MR) is 107 cm³/mol. The first-order valence-electron chi connectivity index (χ1n) is 9.40. The van der Waals surface area contributed by atoms with Crippen LogP contribution in [0.15, 0.2) is 48.5 Å². The number of benzene rings is 2. The Balaban J connectivity index is 0.000000406. The van der Waals surface area contributed by atoms with E-state index in [9.17, 15) is 9.59 Å². The van der Waals surface area contributed by atoms with Crippen molar-refractivity contribution in [2.24, 2.45) is 0 Å². The number of ether oxygens (including phenoxy) is 2. The average molecular weight is 388 g/mol. The lowest BCUT2D eigenvalue weighted by Gasteiger charge is -2.09. The molecule has 6 heteroatoms. The molecule has 2 N–H and O–H groups in total. The third-order valence-corrected chi connectivity index (χ3v) is 3.68. The van der Waals surface area contributed by atoms with E-state index in [0.29, 0.717) is 13.2 Å². The average Bonchev–Trinajstić information content (AvgIpc) is 2.71. The number of carbonyl (C=O) groups excluding carboxylic acids is 2. The van der Waals surface area contributed by atoms with Crippen LogP contribution in [0, 0.1) is 0 Å². The number of esters is 2. The van der Waals surface area contributed by atoms with Crippen LogP contribution in [0.2, 0.25) is 0 Å². The van der Waals surface area contributed by atoms with Crippen LogP contribution < -0.4 is 0 Å². The predicted octanol–water partition coefficient (Wildman–Crippen LogP) is 4.70. The monoisotopic (exact) mass is 388 g/mol. The lowest BCUT2D eigenvalue weighted by atomic mass is 10.1. The first-order valence-corrected chi connectivity index (χ1v) is 9.40. The first-order chi connectivity index (χ1) is 13.5. The molecular formula is C22H28O6. The van der Waals surface area contributed by atoms with Crippen LogP contribution in [0.5, 0.6) is 11.5 Å². The van der Waals surface area contributed by atoms with E-state index in [2.05, 4.69) is 0 Å². The molecule has 2 rings (SSSR count). The Bertz CT molecular complexity index is 662. The zero-order chi connectivity index (χ0) is 20.8. The summed E-state index contributed by atoms with van der Waals surface area (Å²) in [4.78, 5) is 23.9. The standard InChI is InChI=1S/C16H22O4.C6H6O2/c1-3-5-11-19-15(17)13-9-7-8-10-14(13)16(18)20-12-6-4-2;7-5-1-2-6(8)4-3-5/h7-10H,3-6,11-12H2,1-2H3;1-4,7-8H. The lowest BCUT2D eigenvalue weighted by Crippen LogP contribution is -2.14. The SMILES string of the molecule is CCCCOC(=O)c1ccccc1C(=O)OCCCC.Oc1ccc(O)cc1. The molecule has 0 aromatic heterocycles. The minimum Gasteiger partial charge on any atom is -0.508 e. The third-order valence-electron chi connectivity index (χ3n) is 3.68. The molecule has 0 aliphatic carbocycles. The number of phenolic OH excluding ortho intramolecular Hbond substituents is 2. The van der Waals surface area contributed by atoms with E-state index >= 15 is 0 Å². The second-order valence-electron chi connectivity index (χ2n) is 6.04. The largest absolute Gasteiger partial charge is 0.508 e. The Kier molecular flexibility index (Phi) is 10.8. The maximum Gasteiger partial charge on any atom is 0.339 e. The van der Waals surface area contributed by atoms with E-state index in [1.807, 2.05) is 13.8 Å². The molecule has 0 aliphatic rings. The molecule has 2 aromatic rings. The van der Waals surface area contributed by atoms with E-state index in [-0.39, 0.29) is 22.6 Å². The van der Waals surface area contributed by atoms with Crippen molar-refractivity contribution >= 4 is 11.9 Å². The molecule has 0 heterocycles. The topological polar surface area (TPSA) is 93.1 Å². The van der Waals surface area contributed by atoms with Gasteiger partial charge in [-0.2, -0.15) is 0 Å². The molecule has 0 fully saturated rings. The number of hydrogen-bond donors (Lipinski definition) is 2. The first kappa shape index (κ1) is 23.0.